The van der Waals surface area contributed by atoms with Crippen LogP contribution >= 0.6 is 0 Å². The Kier molecular flexibility index (Phi) is 5.75. The second-order valence-electron chi connectivity index (χ2n) is 7.89. The maximum absolute atomic E-state index is 4.56. The van der Waals surface area contributed by atoms with Crippen LogP contribution in [0.4, 0.5) is 0 Å². The van der Waals surface area contributed by atoms with Crippen molar-refractivity contribution < 1.29 is 0 Å². The first kappa shape index (κ1) is 18.1. The zero-order valence-corrected chi connectivity index (χ0v) is 16.3. The third-order valence-electron chi connectivity index (χ3n) is 6.12. The Morgan fingerprint density at radius 1 is 1.15 bits per heavy atom. The Balaban J connectivity index is 1.30. The molecule has 27 heavy (non-hydrogen) atoms. The summed E-state index contributed by atoms with van der Waals surface area (Å²) in [6, 6.07) is 10.6. The summed E-state index contributed by atoms with van der Waals surface area (Å²) in [4.78, 5) is 11.6. The molecule has 4 rings (SSSR count). The minimum absolute atomic E-state index is 0.865. The van der Waals surface area contributed by atoms with Crippen LogP contribution < -0.4 is 5.32 Å². The minimum atomic E-state index is 0.865. The highest BCUT2D eigenvalue weighted by Gasteiger charge is 2.35. The molecule has 5 heteroatoms. The van der Waals surface area contributed by atoms with Gasteiger partial charge in [0.25, 0.3) is 0 Å². The van der Waals surface area contributed by atoms with Gasteiger partial charge in [-0.1, -0.05) is 43.2 Å². The van der Waals surface area contributed by atoms with Crippen molar-refractivity contribution >= 4 is 5.96 Å². The zero-order valence-electron chi connectivity index (χ0n) is 16.3. The van der Waals surface area contributed by atoms with Crippen LogP contribution in [0.2, 0.25) is 0 Å². The Bertz CT molecular complexity index is 737. The molecule has 2 heterocycles. The first-order chi connectivity index (χ1) is 13.3. The molecule has 1 aromatic carbocycles. The molecule has 1 aliphatic heterocycles. The number of nitrogens with one attached hydrogen (secondary N) is 1. The van der Waals surface area contributed by atoms with Gasteiger partial charge in [0.15, 0.2) is 5.96 Å². The molecule has 2 aromatic rings. The number of imidazole rings is 1. The number of benzene rings is 1. The SMILES string of the molecule is CN=C(NCCc1nccn1Cc1ccccc1)N1CC2CCCCC2C1. The molecule has 2 fully saturated rings. The summed E-state index contributed by atoms with van der Waals surface area (Å²) in [6.07, 6.45) is 10.5. The standard InChI is InChI=1S/C22H31N5/c1-23-22(27-16-19-9-5-6-10-20(19)17-27)25-12-11-21-24-13-14-26(21)15-18-7-3-2-4-8-18/h2-4,7-8,13-14,19-20H,5-6,9-12,15-17H2,1H3,(H,23,25). The van der Waals surface area contributed by atoms with E-state index < -0.39 is 0 Å². The Hall–Kier alpha value is -2.30. The van der Waals surface area contributed by atoms with Crippen molar-refractivity contribution in [2.75, 3.05) is 26.7 Å². The number of aliphatic imine (C=N–C) groups is 1. The van der Waals surface area contributed by atoms with E-state index in [-0.39, 0.29) is 0 Å². The number of hydrogen-bond donors (Lipinski definition) is 1. The van der Waals surface area contributed by atoms with Gasteiger partial charge >= 0.3 is 0 Å². The van der Waals surface area contributed by atoms with Crippen molar-refractivity contribution in [3.8, 4) is 0 Å². The van der Waals surface area contributed by atoms with Crippen molar-refractivity contribution in [1.82, 2.24) is 19.8 Å². The van der Waals surface area contributed by atoms with Gasteiger partial charge in [-0.2, -0.15) is 0 Å². The lowest BCUT2D eigenvalue weighted by molar-refractivity contribution is 0.299. The summed E-state index contributed by atoms with van der Waals surface area (Å²) in [7, 11) is 1.90. The van der Waals surface area contributed by atoms with Crippen LogP contribution in [0.1, 0.15) is 37.1 Å². The molecular weight excluding hydrogens is 334 g/mol. The molecular formula is C22H31N5. The normalized spacial score (nSPS) is 22.7. The molecule has 5 nitrogen and oxygen atoms in total. The smallest absolute Gasteiger partial charge is 0.193 e. The zero-order chi connectivity index (χ0) is 18.5. The van der Waals surface area contributed by atoms with Gasteiger partial charge in [0, 0.05) is 52.0 Å². The molecule has 1 aromatic heterocycles. The summed E-state index contributed by atoms with van der Waals surface area (Å²) < 4.78 is 2.24. The van der Waals surface area contributed by atoms with Gasteiger partial charge in [-0.3, -0.25) is 4.99 Å². The number of guanidine groups is 1. The monoisotopic (exact) mass is 365 g/mol. The fourth-order valence-electron chi connectivity index (χ4n) is 4.69. The van der Waals surface area contributed by atoms with Gasteiger partial charge in [-0.25, -0.2) is 4.98 Å². The van der Waals surface area contributed by atoms with Crippen LogP contribution in [-0.2, 0) is 13.0 Å². The van der Waals surface area contributed by atoms with Crippen molar-refractivity contribution in [2.24, 2.45) is 16.8 Å². The average Bonchev–Trinajstić information content (AvgIpc) is 3.32. The van der Waals surface area contributed by atoms with Crippen LogP contribution in [0.25, 0.3) is 0 Å². The number of likely N-dealkylation sites (tertiary alicyclic amines) is 1. The number of aromatic nitrogens is 2. The predicted molar refractivity (Wildman–Crippen MR) is 110 cm³/mol. The minimum Gasteiger partial charge on any atom is -0.356 e. The number of hydrogen-bond acceptors (Lipinski definition) is 2. The number of nitrogens with zero attached hydrogens (tertiary/aromatic N) is 4. The van der Waals surface area contributed by atoms with Crippen LogP contribution in [-0.4, -0.2) is 47.1 Å². The second kappa shape index (κ2) is 8.59. The van der Waals surface area contributed by atoms with E-state index in [1.165, 1.54) is 44.3 Å². The maximum atomic E-state index is 4.56. The molecule has 1 N–H and O–H groups in total. The molecule has 2 atom stereocenters. The van der Waals surface area contributed by atoms with Crippen molar-refractivity contribution in [1.29, 1.82) is 0 Å². The molecule has 0 radical (unpaired) electrons. The van der Waals surface area contributed by atoms with Crippen LogP contribution in [0, 0.1) is 11.8 Å². The predicted octanol–water partition coefficient (Wildman–Crippen LogP) is 3.17. The third-order valence-corrected chi connectivity index (χ3v) is 6.12. The molecule has 2 unspecified atom stereocenters. The highest BCUT2D eigenvalue weighted by atomic mass is 15.3. The van der Waals surface area contributed by atoms with E-state index in [2.05, 4.69) is 61.3 Å². The largest absolute Gasteiger partial charge is 0.356 e. The number of fused-ring (bicyclic) bond motifs is 1. The molecule has 0 amide bonds. The van der Waals surface area contributed by atoms with E-state index in [0.717, 1.165) is 43.1 Å². The highest BCUT2D eigenvalue weighted by molar-refractivity contribution is 5.80. The fourth-order valence-corrected chi connectivity index (χ4v) is 4.69. The van der Waals surface area contributed by atoms with E-state index in [1.54, 1.807) is 0 Å². The topological polar surface area (TPSA) is 45.5 Å². The summed E-state index contributed by atoms with van der Waals surface area (Å²) in [5.74, 6) is 3.94. The van der Waals surface area contributed by atoms with E-state index in [4.69, 9.17) is 0 Å². The van der Waals surface area contributed by atoms with Gasteiger partial charge in [0.2, 0.25) is 0 Å². The quantitative estimate of drug-likeness (QED) is 0.654. The second-order valence-corrected chi connectivity index (χ2v) is 7.89. The van der Waals surface area contributed by atoms with Gasteiger partial charge in [0.1, 0.15) is 5.82 Å². The van der Waals surface area contributed by atoms with E-state index in [0.29, 0.717) is 0 Å². The van der Waals surface area contributed by atoms with Crippen LogP contribution in [0.5, 0.6) is 0 Å². The first-order valence-corrected chi connectivity index (χ1v) is 10.3. The van der Waals surface area contributed by atoms with Crippen molar-refractivity contribution in [3.63, 3.8) is 0 Å². The van der Waals surface area contributed by atoms with Gasteiger partial charge in [-0.15, -0.1) is 0 Å². The van der Waals surface area contributed by atoms with E-state index in [1.807, 2.05) is 13.2 Å². The Labute approximate surface area is 162 Å². The summed E-state index contributed by atoms with van der Waals surface area (Å²) in [5.41, 5.74) is 1.31. The Morgan fingerprint density at radius 2 is 1.89 bits per heavy atom. The summed E-state index contributed by atoms with van der Waals surface area (Å²) in [6.45, 7) is 4.09. The highest BCUT2D eigenvalue weighted by Crippen LogP contribution is 2.35. The summed E-state index contributed by atoms with van der Waals surface area (Å²) in [5, 5.41) is 3.57. The molecule has 1 aliphatic carbocycles. The van der Waals surface area contributed by atoms with Gasteiger partial charge in [-0.05, 0) is 30.2 Å². The maximum Gasteiger partial charge on any atom is 0.193 e. The lowest BCUT2D eigenvalue weighted by Gasteiger charge is -2.22. The van der Waals surface area contributed by atoms with E-state index in [9.17, 15) is 0 Å². The molecule has 1 saturated heterocycles. The van der Waals surface area contributed by atoms with Crippen molar-refractivity contribution in [2.45, 2.75) is 38.6 Å². The van der Waals surface area contributed by atoms with Crippen molar-refractivity contribution in [3.05, 3.63) is 54.1 Å². The van der Waals surface area contributed by atoms with Gasteiger partial charge in [0.05, 0.1) is 0 Å². The Morgan fingerprint density at radius 3 is 2.59 bits per heavy atom. The first-order valence-electron chi connectivity index (χ1n) is 10.3. The lowest BCUT2D eigenvalue weighted by Crippen LogP contribution is -2.41. The number of rotatable bonds is 5. The fraction of sp³-hybridized carbons (Fsp3) is 0.545. The van der Waals surface area contributed by atoms with Crippen LogP contribution in [0.15, 0.2) is 47.7 Å². The van der Waals surface area contributed by atoms with Crippen LogP contribution in [0.3, 0.4) is 0 Å². The van der Waals surface area contributed by atoms with Gasteiger partial charge < -0.3 is 14.8 Å². The molecule has 2 aliphatic rings. The molecule has 144 valence electrons. The molecule has 0 spiro atoms. The van der Waals surface area contributed by atoms with E-state index >= 15 is 0 Å². The molecule has 0 bridgehead atoms. The molecule has 1 saturated carbocycles. The lowest BCUT2D eigenvalue weighted by atomic mass is 9.82. The average molecular weight is 366 g/mol. The third kappa shape index (κ3) is 4.34. The summed E-state index contributed by atoms with van der Waals surface area (Å²) >= 11 is 0.